The highest BCUT2D eigenvalue weighted by atomic mass is 19.1. The molecule has 1 fully saturated rings. The van der Waals surface area contributed by atoms with Crippen LogP contribution in [-0.2, 0) is 6.42 Å². The molecule has 1 unspecified atom stereocenters. The van der Waals surface area contributed by atoms with Crippen LogP contribution in [0.5, 0.6) is 0 Å². The Morgan fingerprint density at radius 3 is 2.34 bits per heavy atom. The van der Waals surface area contributed by atoms with Gasteiger partial charge >= 0.3 is 0 Å². The fraction of sp³-hybridized carbons (Fsp3) is 0.400. The molecule has 32 heavy (non-hydrogen) atoms. The second-order valence-electron chi connectivity index (χ2n) is 10.3. The van der Waals surface area contributed by atoms with Crippen molar-refractivity contribution in [1.29, 1.82) is 0 Å². The van der Waals surface area contributed by atoms with E-state index in [1.165, 1.54) is 35.2 Å². The molecule has 0 radical (unpaired) electrons. The molecular weight excluding hydrogens is 393 g/mol. The van der Waals surface area contributed by atoms with E-state index >= 15 is 0 Å². The molecule has 5 rings (SSSR count). The van der Waals surface area contributed by atoms with Gasteiger partial charge in [0.05, 0.1) is 6.04 Å². The van der Waals surface area contributed by atoms with Crippen LogP contribution in [0.15, 0.2) is 60.7 Å². The summed E-state index contributed by atoms with van der Waals surface area (Å²) in [7, 11) is 2.24. The maximum atomic E-state index is 14.4. The van der Waals surface area contributed by atoms with E-state index in [9.17, 15) is 4.39 Å². The first-order valence-electron chi connectivity index (χ1n) is 12.1. The van der Waals surface area contributed by atoms with Gasteiger partial charge in [0.1, 0.15) is 5.82 Å². The van der Waals surface area contributed by atoms with Gasteiger partial charge in [0, 0.05) is 18.3 Å². The zero-order chi connectivity index (χ0) is 22.4. The van der Waals surface area contributed by atoms with Gasteiger partial charge in [0.15, 0.2) is 0 Å². The first kappa shape index (κ1) is 21.2. The van der Waals surface area contributed by atoms with Crippen molar-refractivity contribution in [3.05, 3.63) is 88.7 Å². The standard InChI is InChI=1S/C30H34FN/c1-19(2)30(24-11-12-24)25-13-10-23-14-16-28(32(4)29(23)18-25)22-8-6-21(7-9-22)26-17-20(3)5-15-27(26)31/h5-10,13,15,17-19,24,28,30H,11-12,14,16H2,1-4H3/t28?,30-/m0/s1. The number of anilines is 1. The van der Waals surface area contributed by atoms with E-state index in [0.717, 1.165) is 29.9 Å². The largest absolute Gasteiger partial charge is 0.367 e. The molecule has 3 aromatic rings. The molecule has 0 spiro atoms. The zero-order valence-electron chi connectivity index (χ0n) is 19.7. The summed E-state index contributed by atoms with van der Waals surface area (Å²) in [5, 5.41) is 0. The predicted molar refractivity (Wildman–Crippen MR) is 133 cm³/mol. The highest BCUT2D eigenvalue weighted by Gasteiger charge is 2.35. The van der Waals surface area contributed by atoms with Gasteiger partial charge in [0.25, 0.3) is 0 Å². The molecule has 0 amide bonds. The minimum absolute atomic E-state index is 0.157. The van der Waals surface area contributed by atoms with E-state index in [4.69, 9.17) is 0 Å². The van der Waals surface area contributed by atoms with Crippen molar-refractivity contribution in [3.63, 3.8) is 0 Å². The molecule has 3 aromatic carbocycles. The van der Waals surface area contributed by atoms with Crippen LogP contribution in [0.3, 0.4) is 0 Å². The zero-order valence-corrected chi connectivity index (χ0v) is 19.7. The lowest BCUT2D eigenvalue weighted by Crippen LogP contribution is -2.29. The Labute approximate surface area is 192 Å². The van der Waals surface area contributed by atoms with E-state index in [1.54, 1.807) is 6.07 Å². The molecule has 2 atom stereocenters. The highest BCUT2D eigenvalue weighted by Crippen LogP contribution is 2.48. The average Bonchev–Trinajstić information content (AvgIpc) is 3.61. The van der Waals surface area contributed by atoms with Gasteiger partial charge < -0.3 is 4.90 Å². The molecule has 0 N–H and O–H groups in total. The van der Waals surface area contributed by atoms with Gasteiger partial charge in [-0.25, -0.2) is 4.39 Å². The van der Waals surface area contributed by atoms with Gasteiger partial charge in [-0.1, -0.05) is 61.9 Å². The summed E-state index contributed by atoms with van der Waals surface area (Å²) in [4.78, 5) is 2.47. The van der Waals surface area contributed by atoms with Crippen molar-refractivity contribution < 1.29 is 4.39 Å². The number of benzene rings is 3. The maximum absolute atomic E-state index is 14.4. The minimum Gasteiger partial charge on any atom is -0.367 e. The van der Waals surface area contributed by atoms with Crippen LogP contribution in [0.25, 0.3) is 11.1 Å². The number of aryl methyl sites for hydroxylation is 2. The molecule has 1 nitrogen and oxygen atoms in total. The molecule has 1 aliphatic carbocycles. The number of nitrogens with zero attached hydrogens (tertiary/aromatic N) is 1. The first-order chi connectivity index (χ1) is 15.4. The first-order valence-corrected chi connectivity index (χ1v) is 12.1. The molecule has 1 aliphatic heterocycles. The Kier molecular flexibility index (Phi) is 5.57. The molecule has 0 bridgehead atoms. The van der Waals surface area contributed by atoms with Gasteiger partial charge in [-0.05, 0) is 90.8 Å². The maximum Gasteiger partial charge on any atom is 0.131 e. The van der Waals surface area contributed by atoms with Crippen molar-refractivity contribution in [2.75, 3.05) is 11.9 Å². The van der Waals surface area contributed by atoms with Crippen LogP contribution in [0.2, 0.25) is 0 Å². The lowest BCUT2D eigenvalue weighted by atomic mass is 9.82. The van der Waals surface area contributed by atoms with Crippen LogP contribution < -0.4 is 4.90 Å². The summed E-state index contributed by atoms with van der Waals surface area (Å²) >= 11 is 0. The van der Waals surface area contributed by atoms with E-state index in [1.807, 2.05) is 19.1 Å². The van der Waals surface area contributed by atoms with Crippen molar-refractivity contribution >= 4 is 5.69 Å². The molecule has 2 heteroatoms. The SMILES string of the molecule is Cc1ccc(F)c(-c2ccc(C3CCc4ccc([C@@H](C(C)C)C5CC5)cc4N3C)cc2)c1. The summed E-state index contributed by atoms with van der Waals surface area (Å²) in [6.07, 6.45) is 4.98. The number of halogens is 1. The summed E-state index contributed by atoms with van der Waals surface area (Å²) in [6.45, 7) is 6.74. The molecule has 2 aliphatic rings. The molecular formula is C30H34FN. The molecule has 0 saturated heterocycles. The lowest BCUT2D eigenvalue weighted by Gasteiger charge is -2.37. The minimum atomic E-state index is -0.157. The summed E-state index contributed by atoms with van der Waals surface area (Å²) in [6, 6.07) is 21.4. The number of rotatable bonds is 5. The summed E-state index contributed by atoms with van der Waals surface area (Å²) < 4.78 is 14.4. The fourth-order valence-electron chi connectivity index (χ4n) is 5.77. The highest BCUT2D eigenvalue weighted by molar-refractivity contribution is 5.66. The summed E-state index contributed by atoms with van der Waals surface area (Å²) in [5.74, 6) is 2.07. The van der Waals surface area contributed by atoms with Crippen molar-refractivity contribution in [2.45, 2.75) is 58.4 Å². The Hall–Kier alpha value is -2.61. The molecule has 1 saturated carbocycles. The second kappa shape index (κ2) is 8.39. The molecule has 166 valence electrons. The summed E-state index contributed by atoms with van der Waals surface area (Å²) in [5.41, 5.74) is 8.38. The third-order valence-corrected chi connectivity index (χ3v) is 7.61. The Balaban J connectivity index is 1.42. The van der Waals surface area contributed by atoms with Crippen molar-refractivity contribution in [1.82, 2.24) is 0 Å². The van der Waals surface area contributed by atoms with Gasteiger partial charge in [-0.2, -0.15) is 0 Å². The Bertz CT molecular complexity index is 1110. The Morgan fingerprint density at radius 2 is 1.66 bits per heavy atom. The van der Waals surface area contributed by atoms with Crippen LogP contribution in [0.1, 0.15) is 67.3 Å². The van der Waals surface area contributed by atoms with Crippen LogP contribution in [0.4, 0.5) is 10.1 Å². The topological polar surface area (TPSA) is 3.24 Å². The molecule has 0 aromatic heterocycles. The average molecular weight is 428 g/mol. The van der Waals surface area contributed by atoms with Gasteiger partial charge in [-0.15, -0.1) is 0 Å². The van der Waals surface area contributed by atoms with E-state index < -0.39 is 0 Å². The van der Waals surface area contributed by atoms with E-state index in [-0.39, 0.29) is 5.82 Å². The van der Waals surface area contributed by atoms with Crippen LogP contribution >= 0.6 is 0 Å². The lowest BCUT2D eigenvalue weighted by molar-refractivity contribution is 0.449. The predicted octanol–water partition coefficient (Wildman–Crippen LogP) is 8.07. The smallest absolute Gasteiger partial charge is 0.131 e. The number of hydrogen-bond acceptors (Lipinski definition) is 1. The quantitative estimate of drug-likeness (QED) is 0.398. The monoisotopic (exact) mass is 427 g/mol. The molecule has 1 heterocycles. The number of fused-ring (bicyclic) bond motifs is 1. The third kappa shape index (κ3) is 3.96. The van der Waals surface area contributed by atoms with Crippen LogP contribution in [0, 0.1) is 24.6 Å². The Morgan fingerprint density at radius 1 is 0.906 bits per heavy atom. The van der Waals surface area contributed by atoms with E-state index in [2.05, 4.69) is 68.3 Å². The van der Waals surface area contributed by atoms with Crippen molar-refractivity contribution in [3.8, 4) is 11.1 Å². The van der Waals surface area contributed by atoms with Gasteiger partial charge in [0.2, 0.25) is 0 Å². The number of hydrogen-bond donors (Lipinski definition) is 0. The van der Waals surface area contributed by atoms with Gasteiger partial charge in [-0.3, -0.25) is 0 Å². The third-order valence-electron chi connectivity index (χ3n) is 7.61. The second-order valence-corrected chi connectivity index (χ2v) is 10.3. The van der Waals surface area contributed by atoms with Crippen LogP contribution in [-0.4, -0.2) is 7.05 Å². The fourth-order valence-corrected chi connectivity index (χ4v) is 5.77. The van der Waals surface area contributed by atoms with E-state index in [0.29, 0.717) is 23.4 Å². The normalized spacial score (nSPS) is 19.2. The van der Waals surface area contributed by atoms with Crippen molar-refractivity contribution in [2.24, 2.45) is 11.8 Å².